The maximum absolute atomic E-state index is 12.5. The number of nitrogens with zero attached hydrogens (tertiary/aromatic N) is 3. The molecule has 1 fully saturated rings. The fourth-order valence-corrected chi connectivity index (χ4v) is 3.18. The third-order valence-corrected chi connectivity index (χ3v) is 4.33. The van der Waals surface area contributed by atoms with Crippen LogP contribution in [0.2, 0.25) is 0 Å². The number of rotatable bonds is 5. The molecule has 2 heterocycles. The first kappa shape index (κ1) is 16.9. The Labute approximate surface area is 132 Å². The van der Waals surface area contributed by atoms with Gasteiger partial charge in [-0.2, -0.15) is 0 Å². The molecule has 1 aliphatic heterocycles. The molecule has 2 rings (SSSR count). The summed E-state index contributed by atoms with van der Waals surface area (Å²) in [6, 6.07) is 3.71. The molecule has 1 aliphatic rings. The molecule has 22 heavy (non-hydrogen) atoms. The topological polar surface area (TPSA) is 56.7 Å². The van der Waals surface area contributed by atoms with Crippen molar-refractivity contribution < 1.29 is 9.90 Å². The van der Waals surface area contributed by atoms with Crippen LogP contribution in [-0.2, 0) is 0 Å². The van der Waals surface area contributed by atoms with Crippen LogP contribution in [0.5, 0.6) is 0 Å². The molecule has 0 aromatic carbocycles. The molecule has 0 atom stereocenters. The van der Waals surface area contributed by atoms with Crippen molar-refractivity contribution in [1.29, 1.82) is 0 Å². The van der Waals surface area contributed by atoms with E-state index in [1.54, 1.807) is 0 Å². The Morgan fingerprint density at radius 1 is 1.32 bits per heavy atom. The Bertz CT molecular complexity index is 490. The SMILES string of the molecule is Cc1cc(C(=O)N(C)CC2CCN(CCO)CC2)cc(C)n1. The molecule has 1 aromatic heterocycles. The highest BCUT2D eigenvalue weighted by molar-refractivity contribution is 5.94. The van der Waals surface area contributed by atoms with Gasteiger partial charge in [-0.3, -0.25) is 9.78 Å². The van der Waals surface area contributed by atoms with Crippen LogP contribution >= 0.6 is 0 Å². The number of aliphatic hydroxyl groups excluding tert-OH is 1. The first-order chi connectivity index (χ1) is 10.5. The van der Waals surface area contributed by atoms with E-state index in [-0.39, 0.29) is 12.5 Å². The largest absolute Gasteiger partial charge is 0.395 e. The number of carbonyl (C=O) groups excluding carboxylic acids is 1. The van der Waals surface area contributed by atoms with Gasteiger partial charge in [-0.05, 0) is 57.8 Å². The van der Waals surface area contributed by atoms with Crippen molar-refractivity contribution in [3.63, 3.8) is 0 Å². The first-order valence-corrected chi connectivity index (χ1v) is 8.03. The molecule has 1 N–H and O–H groups in total. The Kier molecular flexibility index (Phi) is 5.91. The number of amides is 1. The number of hydrogen-bond acceptors (Lipinski definition) is 4. The van der Waals surface area contributed by atoms with Gasteiger partial charge in [0, 0.05) is 37.1 Å². The fourth-order valence-electron chi connectivity index (χ4n) is 3.18. The number of β-amino-alcohol motifs (C(OH)–C–C–N with tert-alkyl or cyclic N) is 1. The van der Waals surface area contributed by atoms with Gasteiger partial charge in [-0.15, -0.1) is 0 Å². The molecule has 1 amide bonds. The predicted octanol–water partition coefficient (Wildman–Crippen LogP) is 1.47. The highest BCUT2D eigenvalue weighted by atomic mass is 16.3. The molecule has 0 bridgehead atoms. The van der Waals surface area contributed by atoms with Gasteiger partial charge < -0.3 is 14.9 Å². The number of piperidine rings is 1. The fraction of sp³-hybridized carbons (Fsp3) is 0.647. The van der Waals surface area contributed by atoms with Gasteiger partial charge in [0.25, 0.3) is 5.91 Å². The van der Waals surface area contributed by atoms with E-state index in [9.17, 15) is 4.79 Å². The zero-order valence-electron chi connectivity index (χ0n) is 13.9. The van der Waals surface area contributed by atoms with Crippen molar-refractivity contribution in [3.8, 4) is 0 Å². The molecule has 122 valence electrons. The molecule has 0 unspecified atom stereocenters. The third-order valence-electron chi connectivity index (χ3n) is 4.33. The Morgan fingerprint density at radius 3 is 2.45 bits per heavy atom. The monoisotopic (exact) mass is 305 g/mol. The Hall–Kier alpha value is -1.46. The summed E-state index contributed by atoms with van der Waals surface area (Å²) in [6.07, 6.45) is 2.18. The number of pyridine rings is 1. The van der Waals surface area contributed by atoms with Gasteiger partial charge in [0.2, 0.25) is 0 Å². The lowest BCUT2D eigenvalue weighted by molar-refractivity contribution is 0.0732. The zero-order valence-corrected chi connectivity index (χ0v) is 13.9. The Balaban J connectivity index is 1.89. The van der Waals surface area contributed by atoms with E-state index >= 15 is 0 Å². The normalized spacial score (nSPS) is 16.7. The molecule has 0 aliphatic carbocycles. The van der Waals surface area contributed by atoms with E-state index < -0.39 is 0 Å². The zero-order chi connectivity index (χ0) is 16.1. The second-order valence-electron chi connectivity index (χ2n) is 6.33. The lowest BCUT2D eigenvalue weighted by Gasteiger charge is -2.33. The number of carbonyl (C=O) groups is 1. The minimum atomic E-state index is 0.0754. The third kappa shape index (κ3) is 4.52. The summed E-state index contributed by atoms with van der Waals surface area (Å²) < 4.78 is 0. The summed E-state index contributed by atoms with van der Waals surface area (Å²) in [7, 11) is 1.88. The second kappa shape index (κ2) is 7.70. The summed E-state index contributed by atoms with van der Waals surface area (Å²) >= 11 is 0. The van der Waals surface area contributed by atoms with Gasteiger partial charge in [0.05, 0.1) is 6.61 Å². The van der Waals surface area contributed by atoms with Gasteiger partial charge in [0.1, 0.15) is 0 Å². The summed E-state index contributed by atoms with van der Waals surface area (Å²) in [6.45, 7) is 7.65. The van der Waals surface area contributed by atoms with Crippen LogP contribution < -0.4 is 0 Å². The number of aryl methyl sites for hydroxylation is 2. The average Bonchev–Trinajstić information content (AvgIpc) is 2.47. The van der Waals surface area contributed by atoms with Crippen LogP contribution in [0.15, 0.2) is 12.1 Å². The number of aromatic nitrogens is 1. The van der Waals surface area contributed by atoms with E-state index in [1.165, 1.54) is 0 Å². The van der Waals surface area contributed by atoms with Gasteiger partial charge in [0.15, 0.2) is 0 Å². The van der Waals surface area contributed by atoms with Gasteiger partial charge in [-0.25, -0.2) is 0 Å². The van der Waals surface area contributed by atoms with Crippen molar-refractivity contribution >= 4 is 5.91 Å². The summed E-state index contributed by atoms with van der Waals surface area (Å²) in [4.78, 5) is 21.0. The van der Waals surface area contributed by atoms with Crippen LogP contribution in [-0.4, -0.2) is 65.6 Å². The lowest BCUT2D eigenvalue weighted by atomic mass is 9.96. The maximum atomic E-state index is 12.5. The predicted molar refractivity (Wildman–Crippen MR) is 86.9 cm³/mol. The van der Waals surface area contributed by atoms with E-state index in [2.05, 4.69) is 9.88 Å². The van der Waals surface area contributed by atoms with Crippen LogP contribution in [0, 0.1) is 19.8 Å². The van der Waals surface area contributed by atoms with Gasteiger partial charge >= 0.3 is 0 Å². The van der Waals surface area contributed by atoms with Crippen LogP contribution in [0.25, 0.3) is 0 Å². The molecular formula is C17H27N3O2. The van der Waals surface area contributed by atoms with E-state index in [0.29, 0.717) is 5.92 Å². The lowest BCUT2D eigenvalue weighted by Crippen LogP contribution is -2.40. The molecule has 0 radical (unpaired) electrons. The van der Waals surface area contributed by atoms with Crippen molar-refractivity contribution in [3.05, 3.63) is 29.1 Å². The van der Waals surface area contributed by atoms with Crippen molar-refractivity contribution in [2.45, 2.75) is 26.7 Å². The first-order valence-electron chi connectivity index (χ1n) is 8.03. The van der Waals surface area contributed by atoms with Crippen LogP contribution in [0.4, 0.5) is 0 Å². The number of likely N-dealkylation sites (tertiary alicyclic amines) is 1. The minimum Gasteiger partial charge on any atom is -0.395 e. The number of hydrogen-bond donors (Lipinski definition) is 1. The molecule has 5 heteroatoms. The van der Waals surface area contributed by atoms with E-state index in [0.717, 1.165) is 56.0 Å². The quantitative estimate of drug-likeness (QED) is 0.895. The van der Waals surface area contributed by atoms with Crippen LogP contribution in [0.1, 0.15) is 34.6 Å². The molecule has 5 nitrogen and oxygen atoms in total. The molecule has 0 spiro atoms. The molecule has 1 saturated heterocycles. The standard InChI is InChI=1S/C17H27N3O2/c1-13-10-16(11-14(2)18-13)17(22)19(3)12-15-4-6-20(7-5-15)8-9-21/h10-11,15,21H,4-9,12H2,1-3H3. The van der Waals surface area contributed by atoms with Gasteiger partial charge in [-0.1, -0.05) is 0 Å². The summed E-state index contributed by atoms with van der Waals surface area (Å²) in [5, 5.41) is 8.97. The Morgan fingerprint density at radius 2 is 1.91 bits per heavy atom. The number of aliphatic hydroxyl groups is 1. The molecule has 1 aromatic rings. The molecule has 0 saturated carbocycles. The highest BCUT2D eigenvalue weighted by Crippen LogP contribution is 2.19. The highest BCUT2D eigenvalue weighted by Gasteiger charge is 2.22. The van der Waals surface area contributed by atoms with Crippen molar-refractivity contribution in [2.24, 2.45) is 5.92 Å². The summed E-state index contributed by atoms with van der Waals surface area (Å²) in [5.41, 5.74) is 2.49. The smallest absolute Gasteiger partial charge is 0.253 e. The summed E-state index contributed by atoms with van der Waals surface area (Å²) in [5.74, 6) is 0.624. The minimum absolute atomic E-state index is 0.0754. The van der Waals surface area contributed by atoms with Crippen LogP contribution in [0.3, 0.4) is 0 Å². The van der Waals surface area contributed by atoms with Crippen molar-refractivity contribution in [2.75, 3.05) is 39.8 Å². The maximum Gasteiger partial charge on any atom is 0.253 e. The molecular weight excluding hydrogens is 278 g/mol. The average molecular weight is 305 g/mol. The van der Waals surface area contributed by atoms with Crippen molar-refractivity contribution in [1.82, 2.24) is 14.8 Å². The van der Waals surface area contributed by atoms with E-state index in [1.807, 2.05) is 37.9 Å². The van der Waals surface area contributed by atoms with E-state index in [4.69, 9.17) is 5.11 Å². The second-order valence-corrected chi connectivity index (χ2v) is 6.33.